The van der Waals surface area contributed by atoms with Crippen LogP contribution in [0.25, 0.3) is 55.7 Å². The van der Waals surface area contributed by atoms with E-state index in [1.54, 1.807) is 0 Å². The number of hydrogen-bond acceptors (Lipinski definition) is 4. The molecule has 4 aromatic heterocycles. The number of imidazole rings is 1. The van der Waals surface area contributed by atoms with Gasteiger partial charge >= 0.3 is 0 Å². The zero-order chi connectivity index (χ0) is 36.4. The van der Waals surface area contributed by atoms with Crippen molar-refractivity contribution in [1.82, 2.24) is 19.5 Å². The summed E-state index contributed by atoms with van der Waals surface area (Å²) in [6.07, 6.45) is 3.24. The van der Waals surface area contributed by atoms with Crippen molar-refractivity contribution < 1.29 is 24.5 Å². The van der Waals surface area contributed by atoms with Gasteiger partial charge in [0.25, 0.3) is 0 Å². The van der Waals surface area contributed by atoms with Gasteiger partial charge in [0.15, 0.2) is 0 Å². The Morgan fingerprint density at radius 1 is 0.774 bits per heavy atom. The molecule has 0 aliphatic rings. The summed E-state index contributed by atoms with van der Waals surface area (Å²) in [5.41, 5.74) is 10.2. The fraction of sp³-hybridized carbons (Fsp3) is 0.239. The molecule has 1 radical (unpaired) electrons. The maximum Gasteiger partial charge on any atom is 0.216 e. The number of furan rings is 1. The van der Waals surface area contributed by atoms with E-state index in [0.717, 1.165) is 68.7 Å². The van der Waals surface area contributed by atoms with Crippen LogP contribution in [0.15, 0.2) is 120 Å². The molecular formula is C46H46IrN4OSi-2. The minimum atomic E-state index is -1.34. The van der Waals surface area contributed by atoms with E-state index in [0.29, 0.717) is 17.5 Å². The first-order valence-corrected chi connectivity index (χ1v) is 21.8. The van der Waals surface area contributed by atoms with E-state index in [9.17, 15) is 0 Å². The first-order valence-electron chi connectivity index (χ1n) is 18.3. The van der Waals surface area contributed by atoms with Crippen LogP contribution in [0.2, 0.25) is 19.6 Å². The molecule has 4 heterocycles. The van der Waals surface area contributed by atoms with Gasteiger partial charge in [-0.25, -0.2) is 4.98 Å². The van der Waals surface area contributed by atoms with Crippen molar-refractivity contribution in [2.45, 2.75) is 66.2 Å². The molecule has 8 aromatic rings. The summed E-state index contributed by atoms with van der Waals surface area (Å²) in [7, 11) is -1.34. The van der Waals surface area contributed by atoms with Crippen molar-refractivity contribution in [2.24, 2.45) is 5.92 Å². The Balaban J connectivity index is 0.000000199. The summed E-state index contributed by atoms with van der Waals surface area (Å²) >= 11 is 0. The number of aromatic nitrogens is 4. The molecule has 0 atom stereocenters. The van der Waals surface area contributed by atoms with Crippen LogP contribution < -0.4 is 5.19 Å². The van der Waals surface area contributed by atoms with Crippen molar-refractivity contribution in [3.05, 3.63) is 144 Å². The van der Waals surface area contributed by atoms with Gasteiger partial charge in [-0.3, -0.25) is 4.98 Å². The van der Waals surface area contributed by atoms with Crippen LogP contribution in [0.3, 0.4) is 0 Å². The molecule has 271 valence electrons. The first-order chi connectivity index (χ1) is 25.1. The standard InChI is InChI=1S/C28H22N3O.C18H24NSi.Ir/c1-18(2)23-16-15-21-20-11-8-12-22(26(20)32-28(21)30-23)27-29-24-13-6-7-14-25(24)31(27)17-19-9-4-3-5-10-19;1-14(2)11-16-12-17(15-9-7-6-8-10-15)19-13-18(16)20(3,4)5;/h3-11,13-16,18H,17H2,1-2H3;6-9,12-14H,11H2,1-5H3;/q2*-1;. The Morgan fingerprint density at radius 2 is 1.53 bits per heavy atom. The normalized spacial score (nSPS) is 11.6. The number of rotatable bonds is 8. The summed E-state index contributed by atoms with van der Waals surface area (Å²) < 4.78 is 8.58. The molecule has 0 saturated heterocycles. The number of para-hydroxylation sites is 2. The molecule has 0 saturated carbocycles. The van der Waals surface area contributed by atoms with Gasteiger partial charge in [-0.1, -0.05) is 112 Å². The third kappa shape index (κ3) is 8.28. The minimum Gasteiger partial charge on any atom is -0.486 e. The molecule has 8 rings (SSSR count). The number of hydrogen-bond donors (Lipinski definition) is 0. The summed E-state index contributed by atoms with van der Waals surface area (Å²) in [4.78, 5) is 14.5. The van der Waals surface area contributed by atoms with E-state index >= 15 is 0 Å². The molecule has 0 N–H and O–H groups in total. The van der Waals surface area contributed by atoms with Gasteiger partial charge in [-0.15, -0.1) is 54.1 Å². The first kappa shape index (κ1) is 38.1. The van der Waals surface area contributed by atoms with Crippen molar-refractivity contribution in [2.75, 3.05) is 0 Å². The monoisotopic (exact) mass is 891 g/mol. The second kappa shape index (κ2) is 16.1. The van der Waals surface area contributed by atoms with E-state index in [2.05, 4.69) is 142 Å². The summed E-state index contributed by atoms with van der Waals surface area (Å²) in [5, 5.41) is 3.55. The predicted octanol–water partition coefficient (Wildman–Crippen LogP) is 11.3. The van der Waals surface area contributed by atoms with Crippen molar-refractivity contribution in [3.8, 4) is 22.6 Å². The van der Waals surface area contributed by atoms with Crippen LogP contribution in [-0.2, 0) is 33.1 Å². The van der Waals surface area contributed by atoms with Crippen LogP contribution in [0.5, 0.6) is 0 Å². The molecular weight excluding hydrogens is 845 g/mol. The van der Waals surface area contributed by atoms with E-state index in [1.807, 2.05) is 42.5 Å². The maximum atomic E-state index is 6.33. The second-order valence-electron chi connectivity index (χ2n) is 15.3. The van der Waals surface area contributed by atoms with Crippen LogP contribution >= 0.6 is 0 Å². The largest absolute Gasteiger partial charge is 0.486 e. The van der Waals surface area contributed by atoms with Gasteiger partial charge in [-0.05, 0) is 59.0 Å². The Kier molecular flexibility index (Phi) is 11.6. The molecule has 0 unspecified atom stereocenters. The van der Waals surface area contributed by atoms with Gasteiger partial charge in [0.05, 0.1) is 30.5 Å². The molecule has 0 aliphatic carbocycles. The van der Waals surface area contributed by atoms with Crippen LogP contribution in [0.1, 0.15) is 50.4 Å². The summed E-state index contributed by atoms with van der Waals surface area (Å²) in [6.45, 7) is 16.7. The molecule has 7 heteroatoms. The zero-order valence-corrected chi connectivity index (χ0v) is 35.0. The fourth-order valence-corrected chi connectivity index (χ4v) is 8.39. The average molecular weight is 891 g/mol. The molecule has 5 nitrogen and oxygen atoms in total. The number of nitrogens with zero attached hydrogens (tertiary/aromatic N) is 4. The van der Waals surface area contributed by atoms with Crippen molar-refractivity contribution in [3.63, 3.8) is 0 Å². The third-order valence-electron chi connectivity index (χ3n) is 9.38. The average Bonchev–Trinajstić information content (AvgIpc) is 3.70. The number of pyridine rings is 2. The molecule has 53 heavy (non-hydrogen) atoms. The van der Waals surface area contributed by atoms with Crippen molar-refractivity contribution in [1.29, 1.82) is 0 Å². The van der Waals surface area contributed by atoms with E-state index < -0.39 is 8.07 Å². The van der Waals surface area contributed by atoms with Crippen LogP contribution in [0, 0.1) is 18.1 Å². The Labute approximate surface area is 327 Å². The van der Waals surface area contributed by atoms with Gasteiger partial charge in [-0.2, -0.15) is 0 Å². The summed E-state index contributed by atoms with van der Waals surface area (Å²) in [6, 6.07) is 43.9. The Morgan fingerprint density at radius 3 is 2.25 bits per heavy atom. The second-order valence-corrected chi connectivity index (χ2v) is 20.3. The number of benzene rings is 4. The molecule has 4 aromatic carbocycles. The fourth-order valence-electron chi connectivity index (χ4n) is 6.80. The van der Waals surface area contributed by atoms with Gasteiger partial charge in [0.1, 0.15) is 0 Å². The minimum absolute atomic E-state index is 0. The topological polar surface area (TPSA) is 56.7 Å². The smallest absolute Gasteiger partial charge is 0.216 e. The SMILES string of the molecule is CC(C)Cc1cc(-c2[c-]cccc2)ncc1[Si](C)(C)C.CC(C)c1ccc2c(n1)oc1c(-c3nc4ccccc4n3Cc3ccccc3)[c-]ccc12.[Ir]. The predicted molar refractivity (Wildman–Crippen MR) is 219 cm³/mol. The Bertz CT molecular complexity index is 2460. The molecule has 0 aliphatic heterocycles. The molecule has 0 spiro atoms. The zero-order valence-electron chi connectivity index (χ0n) is 31.6. The van der Waals surface area contributed by atoms with Gasteiger partial charge in [0.2, 0.25) is 5.71 Å². The van der Waals surface area contributed by atoms with Crippen LogP contribution in [0.4, 0.5) is 0 Å². The molecule has 0 amide bonds. The van der Waals surface area contributed by atoms with Gasteiger partial charge in [0, 0.05) is 43.9 Å². The van der Waals surface area contributed by atoms with Gasteiger partial charge < -0.3 is 14.0 Å². The van der Waals surface area contributed by atoms with Crippen molar-refractivity contribution >= 4 is 46.4 Å². The quantitative estimate of drug-likeness (QED) is 0.113. The molecule has 0 bridgehead atoms. The number of fused-ring (bicyclic) bond motifs is 4. The van der Waals surface area contributed by atoms with E-state index in [-0.39, 0.29) is 20.1 Å². The van der Waals surface area contributed by atoms with E-state index in [4.69, 9.17) is 14.4 Å². The summed E-state index contributed by atoms with van der Waals surface area (Å²) in [5.74, 6) is 1.86. The van der Waals surface area contributed by atoms with E-state index in [1.165, 1.54) is 16.3 Å². The maximum absolute atomic E-state index is 6.33. The van der Waals surface area contributed by atoms with Crippen LogP contribution in [-0.4, -0.2) is 27.6 Å². The molecule has 0 fully saturated rings. The Hall–Kier alpha value is -4.68. The third-order valence-corrected chi connectivity index (χ3v) is 11.5.